The smallest absolute Gasteiger partial charge is 0.254 e. The number of halogens is 2. The third kappa shape index (κ3) is 4.79. The predicted molar refractivity (Wildman–Crippen MR) is 106 cm³/mol. The first-order valence-corrected chi connectivity index (χ1v) is 9.56. The number of nitrogens with zero attached hydrogens (tertiary/aromatic N) is 3. The van der Waals surface area contributed by atoms with Gasteiger partial charge in [0.05, 0.1) is 17.3 Å². The zero-order valence-corrected chi connectivity index (χ0v) is 16.7. The maximum atomic E-state index is 14.0. The topological polar surface area (TPSA) is 81.3 Å². The average molecular weight is 405 g/mol. The van der Waals surface area contributed by atoms with Gasteiger partial charge in [-0.1, -0.05) is 19.9 Å². The number of nitrogens with one attached hydrogen (secondary N) is 2. The summed E-state index contributed by atoms with van der Waals surface area (Å²) in [5, 5.41) is 2.69. The van der Waals surface area contributed by atoms with E-state index in [2.05, 4.69) is 20.2 Å². The van der Waals surface area contributed by atoms with E-state index in [1.807, 2.05) is 25.8 Å². The number of anilines is 1. The van der Waals surface area contributed by atoms with E-state index in [9.17, 15) is 18.4 Å². The summed E-state index contributed by atoms with van der Waals surface area (Å²) >= 11 is 0. The number of hydrogen-bond donors (Lipinski definition) is 2. The first kappa shape index (κ1) is 20.9. The minimum atomic E-state index is -1.20. The van der Waals surface area contributed by atoms with Crippen molar-refractivity contribution in [2.75, 3.05) is 38.1 Å². The molecule has 1 amide bonds. The molecular formula is C20H25F2N5O2. The number of amides is 1. The van der Waals surface area contributed by atoms with E-state index in [4.69, 9.17) is 0 Å². The molecule has 1 atom stereocenters. The van der Waals surface area contributed by atoms with Crippen LogP contribution in [-0.2, 0) is 0 Å². The molecule has 2 aromatic rings. The first-order chi connectivity index (χ1) is 13.8. The van der Waals surface area contributed by atoms with Crippen molar-refractivity contribution in [3.05, 3.63) is 57.5 Å². The highest BCUT2D eigenvalue weighted by molar-refractivity contribution is 5.94. The fraction of sp³-hybridized carbons (Fsp3) is 0.450. The van der Waals surface area contributed by atoms with E-state index in [1.165, 1.54) is 18.2 Å². The van der Waals surface area contributed by atoms with Gasteiger partial charge in [-0.25, -0.2) is 13.8 Å². The van der Waals surface area contributed by atoms with Gasteiger partial charge >= 0.3 is 0 Å². The summed E-state index contributed by atoms with van der Waals surface area (Å²) in [6.45, 7) is 6.83. The van der Waals surface area contributed by atoms with Gasteiger partial charge in [0.15, 0.2) is 11.6 Å². The van der Waals surface area contributed by atoms with Crippen LogP contribution in [0.15, 0.2) is 29.1 Å². The normalized spacial score (nSPS) is 16.1. The summed E-state index contributed by atoms with van der Waals surface area (Å²) in [6.07, 6.45) is 0. The van der Waals surface area contributed by atoms with Crippen LogP contribution in [0.3, 0.4) is 0 Å². The van der Waals surface area contributed by atoms with Crippen molar-refractivity contribution < 1.29 is 13.6 Å². The maximum absolute atomic E-state index is 14.0. The molecule has 1 unspecified atom stereocenters. The predicted octanol–water partition coefficient (Wildman–Crippen LogP) is 1.93. The van der Waals surface area contributed by atoms with Crippen molar-refractivity contribution in [1.82, 2.24) is 20.2 Å². The first-order valence-electron chi connectivity index (χ1n) is 9.56. The summed E-state index contributed by atoms with van der Waals surface area (Å²) < 4.78 is 27.5. The minimum Gasteiger partial charge on any atom is -0.343 e. The monoisotopic (exact) mass is 405 g/mol. The standard InChI is InChI=1S/C20H25F2N5O2/c1-12(2)18(25-19(29)13-5-4-6-14(21)17(13)22)15-11-16(28)24-20(23-15)27-9-7-26(3)8-10-27/h4-6,11-12,18H,7-10H2,1-3H3,(H,25,29)(H,23,24,28). The second kappa shape index (κ2) is 8.69. The number of rotatable bonds is 5. The van der Waals surface area contributed by atoms with Gasteiger partial charge in [-0.3, -0.25) is 14.6 Å². The Kier molecular flexibility index (Phi) is 6.26. The van der Waals surface area contributed by atoms with Crippen molar-refractivity contribution in [1.29, 1.82) is 0 Å². The summed E-state index contributed by atoms with van der Waals surface area (Å²) in [4.78, 5) is 36.3. The lowest BCUT2D eigenvalue weighted by Gasteiger charge is -2.33. The molecule has 0 radical (unpaired) electrons. The van der Waals surface area contributed by atoms with Gasteiger partial charge in [-0.2, -0.15) is 0 Å². The Bertz CT molecular complexity index is 939. The van der Waals surface area contributed by atoms with Crippen LogP contribution < -0.4 is 15.8 Å². The van der Waals surface area contributed by atoms with Gasteiger partial charge in [0, 0.05) is 32.2 Å². The summed E-state index contributed by atoms with van der Waals surface area (Å²) in [6, 6.07) is 4.12. The molecule has 0 bridgehead atoms. The minimum absolute atomic E-state index is 0.134. The molecule has 1 aromatic carbocycles. The molecule has 1 fully saturated rings. The van der Waals surface area contributed by atoms with Crippen LogP contribution in [0.2, 0.25) is 0 Å². The number of aromatic nitrogens is 2. The largest absolute Gasteiger partial charge is 0.343 e. The Morgan fingerprint density at radius 1 is 1.21 bits per heavy atom. The number of hydrogen-bond acceptors (Lipinski definition) is 5. The highest BCUT2D eigenvalue weighted by Crippen LogP contribution is 2.22. The molecule has 3 rings (SSSR count). The van der Waals surface area contributed by atoms with Crippen LogP contribution in [0, 0.1) is 17.6 Å². The molecule has 1 aromatic heterocycles. The van der Waals surface area contributed by atoms with Crippen molar-refractivity contribution in [2.45, 2.75) is 19.9 Å². The molecule has 29 heavy (non-hydrogen) atoms. The van der Waals surface area contributed by atoms with Gasteiger partial charge in [0.2, 0.25) is 5.95 Å². The van der Waals surface area contributed by atoms with Gasteiger partial charge in [0.25, 0.3) is 11.5 Å². The maximum Gasteiger partial charge on any atom is 0.254 e. The van der Waals surface area contributed by atoms with E-state index in [0.717, 1.165) is 32.2 Å². The Hall–Kier alpha value is -2.81. The zero-order chi connectivity index (χ0) is 21.1. The van der Waals surface area contributed by atoms with E-state index < -0.39 is 23.6 Å². The van der Waals surface area contributed by atoms with Crippen LogP contribution in [0.4, 0.5) is 14.7 Å². The molecule has 1 aliphatic heterocycles. The molecule has 0 spiro atoms. The molecule has 0 saturated carbocycles. The molecule has 2 N–H and O–H groups in total. The molecule has 0 aliphatic carbocycles. The number of piperazine rings is 1. The Labute approximate surface area is 167 Å². The van der Waals surface area contributed by atoms with Crippen molar-refractivity contribution >= 4 is 11.9 Å². The van der Waals surface area contributed by atoms with Crippen LogP contribution in [0.5, 0.6) is 0 Å². The number of H-pyrrole nitrogens is 1. The lowest BCUT2D eigenvalue weighted by atomic mass is 10.00. The molecular weight excluding hydrogens is 380 g/mol. The van der Waals surface area contributed by atoms with Gasteiger partial charge in [-0.15, -0.1) is 0 Å². The van der Waals surface area contributed by atoms with Crippen LogP contribution in [-0.4, -0.2) is 54.0 Å². The van der Waals surface area contributed by atoms with Crippen molar-refractivity contribution in [3.8, 4) is 0 Å². The average Bonchev–Trinajstić information content (AvgIpc) is 2.67. The quantitative estimate of drug-likeness (QED) is 0.795. The van der Waals surface area contributed by atoms with Gasteiger partial charge < -0.3 is 15.1 Å². The zero-order valence-electron chi connectivity index (χ0n) is 16.7. The number of aromatic amines is 1. The van der Waals surface area contributed by atoms with Gasteiger partial charge in [-0.05, 0) is 25.1 Å². The lowest BCUT2D eigenvalue weighted by Crippen LogP contribution is -2.46. The third-order valence-electron chi connectivity index (χ3n) is 5.02. The summed E-state index contributed by atoms with van der Waals surface area (Å²) in [7, 11) is 2.03. The second-order valence-electron chi connectivity index (χ2n) is 7.58. The molecule has 2 heterocycles. The summed E-state index contributed by atoms with van der Waals surface area (Å²) in [5.41, 5.74) is -0.344. The van der Waals surface area contributed by atoms with Crippen molar-refractivity contribution in [2.24, 2.45) is 5.92 Å². The number of benzene rings is 1. The molecule has 7 nitrogen and oxygen atoms in total. The Balaban J connectivity index is 1.88. The van der Waals surface area contributed by atoms with E-state index in [1.54, 1.807) is 0 Å². The molecule has 1 aliphatic rings. The van der Waals surface area contributed by atoms with Crippen LogP contribution >= 0.6 is 0 Å². The Morgan fingerprint density at radius 2 is 1.90 bits per heavy atom. The molecule has 9 heteroatoms. The van der Waals surface area contributed by atoms with Gasteiger partial charge in [0.1, 0.15) is 0 Å². The number of carbonyl (C=O) groups excluding carboxylic acids is 1. The highest BCUT2D eigenvalue weighted by atomic mass is 19.2. The molecule has 156 valence electrons. The highest BCUT2D eigenvalue weighted by Gasteiger charge is 2.25. The SMILES string of the molecule is CC(C)C(NC(=O)c1cccc(F)c1F)c1cc(=O)[nH]c(N2CCN(C)CC2)n1. The Morgan fingerprint density at radius 3 is 2.55 bits per heavy atom. The third-order valence-corrected chi connectivity index (χ3v) is 5.02. The number of carbonyl (C=O) groups is 1. The fourth-order valence-electron chi connectivity index (χ4n) is 3.27. The van der Waals surface area contributed by atoms with E-state index in [-0.39, 0.29) is 17.0 Å². The molecule has 1 saturated heterocycles. The second-order valence-corrected chi connectivity index (χ2v) is 7.58. The fourth-order valence-corrected chi connectivity index (χ4v) is 3.27. The summed E-state index contributed by atoms with van der Waals surface area (Å²) in [5.74, 6) is -2.75. The van der Waals surface area contributed by atoms with E-state index >= 15 is 0 Å². The lowest BCUT2D eigenvalue weighted by molar-refractivity contribution is 0.0919. The van der Waals surface area contributed by atoms with Crippen LogP contribution in [0.25, 0.3) is 0 Å². The van der Waals surface area contributed by atoms with Crippen molar-refractivity contribution in [3.63, 3.8) is 0 Å². The van der Waals surface area contributed by atoms with E-state index in [0.29, 0.717) is 11.6 Å². The van der Waals surface area contributed by atoms with Crippen LogP contribution in [0.1, 0.15) is 35.9 Å². The number of likely N-dealkylation sites (N-methyl/N-ethyl adjacent to an activating group) is 1.